The molecule has 4 aliphatic rings. The summed E-state index contributed by atoms with van der Waals surface area (Å²) in [6.07, 6.45) is 12.9. The summed E-state index contributed by atoms with van der Waals surface area (Å²) in [5.41, 5.74) is 0. The number of hydrogen-bond donors (Lipinski definition) is 0. The van der Waals surface area contributed by atoms with Gasteiger partial charge in [0.05, 0.1) is 13.2 Å². The van der Waals surface area contributed by atoms with Crippen molar-refractivity contribution in [3.63, 3.8) is 0 Å². The predicted octanol–water partition coefficient (Wildman–Crippen LogP) is 4.51. The molecule has 0 aliphatic heterocycles. The molecule has 4 saturated carbocycles. The van der Waals surface area contributed by atoms with Gasteiger partial charge in [-0.15, -0.1) is 0 Å². The van der Waals surface area contributed by atoms with Gasteiger partial charge in [0.1, 0.15) is 0 Å². The van der Waals surface area contributed by atoms with Crippen LogP contribution in [0.25, 0.3) is 0 Å². The second-order valence-corrected chi connectivity index (χ2v) is 9.44. The minimum absolute atomic E-state index is 0.0943. The van der Waals surface area contributed by atoms with E-state index in [0.717, 1.165) is 36.5 Å². The van der Waals surface area contributed by atoms with Crippen molar-refractivity contribution in [2.45, 2.75) is 77.0 Å². The van der Waals surface area contributed by atoms with Crippen LogP contribution in [0.5, 0.6) is 0 Å². The van der Waals surface area contributed by atoms with Gasteiger partial charge in [-0.3, -0.25) is 9.59 Å². The summed E-state index contributed by atoms with van der Waals surface area (Å²) < 4.78 is 10.9. The van der Waals surface area contributed by atoms with Gasteiger partial charge in [0, 0.05) is 12.8 Å². The molecule has 4 heteroatoms. The van der Waals surface area contributed by atoms with Crippen molar-refractivity contribution < 1.29 is 19.1 Å². The van der Waals surface area contributed by atoms with Crippen molar-refractivity contribution in [3.8, 4) is 0 Å². The summed E-state index contributed by atoms with van der Waals surface area (Å²) in [5.74, 6) is 4.43. The van der Waals surface area contributed by atoms with Gasteiger partial charge in [-0.25, -0.2) is 0 Å². The fraction of sp³-hybridized carbons (Fsp3) is 0.909. The summed E-state index contributed by atoms with van der Waals surface area (Å²) in [5, 5.41) is 0. The highest BCUT2D eigenvalue weighted by molar-refractivity contribution is 5.70. The molecular formula is C22H34O4. The second kappa shape index (κ2) is 8.31. The smallest absolute Gasteiger partial charge is 0.305 e. The number of ether oxygens (including phenoxy) is 2. The molecule has 0 aromatic carbocycles. The van der Waals surface area contributed by atoms with E-state index in [1.54, 1.807) is 0 Å². The average Bonchev–Trinajstić information content (AvgIpc) is 3.42. The molecule has 0 amide bonds. The molecule has 26 heavy (non-hydrogen) atoms. The van der Waals surface area contributed by atoms with Gasteiger partial charge >= 0.3 is 11.9 Å². The van der Waals surface area contributed by atoms with Crippen LogP contribution in [0.4, 0.5) is 0 Å². The molecule has 0 saturated heterocycles. The Morgan fingerprint density at radius 3 is 1.46 bits per heavy atom. The van der Waals surface area contributed by atoms with Crippen molar-refractivity contribution in [1.29, 1.82) is 0 Å². The summed E-state index contributed by atoms with van der Waals surface area (Å²) >= 11 is 0. The lowest BCUT2D eigenvalue weighted by Crippen LogP contribution is -2.19. The Hall–Kier alpha value is -1.06. The Labute approximate surface area is 157 Å². The summed E-state index contributed by atoms with van der Waals surface area (Å²) in [6.45, 7) is 1.23. The van der Waals surface area contributed by atoms with Crippen LogP contribution >= 0.6 is 0 Å². The Kier molecular flexibility index (Phi) is 5.85. The average molecular weight is 363 g/mol. The van der Waals surface area contributed by atoms with Crippen molar-refractivity contribution in [2.24, 2.45) is 35.5 Å². The molecule has 6 unspecified atom stereocenters. The topological polar surface area (TPSA) is 52.6 Å². The van der Waals surface area contributed by atoms with Crippen LogP contribution in [-0.2, 0) is 19.1 Å². The molecule has 4 rings (SSSR count). The number of rotatable bonds is 9. The molecule has 0 aromatic rings. The highest BCUT2D eigenvalue weighted by Crippen LogP contribution is 2.49. The lowest BCUT2D eigenvalue weighted by atomic mass is 9.89. The van der Waals surface area contributed by atoms with Crippen LogP contribution in [0.2, 0.25) is 0 Å². The van der Waals surface area contributed by atoms with Crippen LogP contribution in [0, 0.1) is 35.5 Å². The van der Waals surface area contributed by atoms with Gasteiger partial charge in [0.25, 0.3) is 0 Å². The molecule has 0 radical (unpaired) electrons. The van der Waals surface area contributed by atoms with Crippen molar-refractivity contribution in [3.05, 3.63) is 0 Å². The number of carbonyl (C=O) groups excluding carboxylic acids is 2. The monoisotopic (exact) mass is 362 g/mol. The SMILES string of the molecule is O=C(CCCCC(=O)OCC1CC2CCC1C2)OCC1CC2CCC1C2. The third-order valence-electron chi connectivity index (χ3n) is 7.70. The van der Waals surface area contributed by atoms with E-state index >= 15 is 0 Å². The van der Waals surface area contributed by atoms with E-state index in [1.807, 2.05) is 0 Å². The third-order valence-corrected chi connectivity index (χ3v) is 7.70. The standard InChI is InChI=1S/C22H34O4/c23-21(25-13-19-11-15-5-7-17(19)9-15)3-1-2-4-22(24)26-14-20-12-16-6-8-18(20)10-16/h15-20H,1-14H2. The zero-order chi connectivity index (χ0) is 17.9. The van der Waals surface area contributed by atoms with Crippen LogP contribution in [0.1, 0.15) is 77.0 Å². The molecule has 0 N–H and O–H groups in total. The molecule has 6 atom stereocenters. The molecule has 0 spiro atoms. The largest absolute Gasteiger partial charge is 0.465 e. The minimum Gasteiger partial charge on any atom is -0.465 e. The van der Waals surface area contributed by atoms with Crippen LogP contribution < -0.4 is 0 Å². The van der Waals surface area contributed by atoms with Gasteiger partial charge in [-0.05, 0) is 86.9 Å². The second-order valence-electron chi connectivity index (χ2n) is 9.44. The fourth-order valence-corrected chi connectivity index (χ4v) is 6.24. The minimum atomic E-state index is -0.0943. The maximum atomic E-state index is 11.9. The van der Waals surface area contributed by atoms with E-state index in [-0.39, 0.29) is 11.9 Å². The molecule has 0 aromatic heterocycles. The van der Waals surface area contributed by atoms with E-state index < -0.39 is 0 Å². The number of carbonyl (C=O) groups is 2. The number of unbranched alkanes of at least 4 members (excludes halogenated alkanes) is 1. The lowest BCUT2D eigenvalue weighted by molar-refractivity contribution is -0.147. The van der Waals surface area contributed by atoms with Crippen LogP contribution in [0.15, 0.2) is 0 Å². The fourth-order valence-electron chi connectivity index (χ4n) is 6.24. The van der Waals surface area contributed by atoms with Gasteiger partial charge in [0.2, 0.25) is 0 Å². The molecule has 4 fully saturated rings. The molecular weight excluding hydrogens is 328 g/mol. The van der Waals surface area contributed by atoms with Gasteiger partial charge in [-0.2, -0.15) is 0 Å². The van der Waals surface area contributed by atoms with E-state index in [9.17, 15) is 9.59 Å². The summed E-state index contributed by atoms with van der Waals surface area (Å²) in [6, 6.07) is 0. The Balaban J connectivity index is 1.01. The van der Waals surface area contributed by atoms with Crippen molar-refractivity contribution in [2.75, 3.05) is 13.2 Å². The summed E-state index contributed by atoms with van der Waals surface area (Å²) in [4.78, 5) is 23.8. The quantitative estimate of drug-likeness (QED) is 0.447. The Morgan fingerprint density at radius 1 is 0.654 bits per heavy atom. The zero-order valence-electron chi connectivity index (χ0n) is 16.0. The third kappa shape index (κ3) is 4.43. The van der Waals surface area contributed by atoms with E-state index in [4.69, 9.17) is 9.47 Å². The Morgan fingerprint density at radius 2 is 1.12 bits per heavy atom. The molecule has 4 aliphatic carbocycles. The Bertz CT molecular complexity index is 470. The van der Waals surface area contributed by atoms with E-state index in [1.165, 1.54) is 51.4 Å². The van der Waals surface area contributed by atoms with Gasteiger partial charge < -0.3 is 9.47 Å². The highest BCUT2D eigenvalue weighted by atomic mass is 16.5. The van der Waals surface area contributed by atoms with Gasteiger partial charge in [0.15, 0.2) is 0 Å². The number of fused-ring (bicyclic) bond motifs is 4. The maximum Gasteiger partial charge on any atom is 0.305 e. The first-order valence-electron chi connectivity index (χ1n) is 11.0. The molecule has 146 valence electrons. The highest BCUT2D eigenvalue weighted by Gasteiger charge is 2.40. The maximum absolute atomic E-state index is 11.9. The van der Waals surface area contributed by atoms with Crippen molar-refractivity contribution in [1.82, 2.24) is 0 Å². The predicted molar refractivity (Wildman–Crippen MR) is 98.3 cm³/mol. The van der Waals surface area contributed by atoms with Crippen molar-refractivity contribution >= 4 is 11.9 Å². The zero-order valence-corrected chi connectivity index (χ0v) is 16.0. The lowest BCUT2D eigenvalue weighted by Gasteiger charge is -2.21. The first-order valence-corrected chi connectivity index (χ1v) is 11.0. The number of hydrogen-bond acceptors (Lipinski definition) is 4. The summed E-state index contributed by atoms with van der Waals surface area (Å²) in [7, 11) is 0. The van der Waals surface area contributed by atoms with Crippen LogP contribution in [0.3, 0.4) is 0 Å². The van der Waals surface area contributed by atoms with Crippen LogP contribution in [-0.4, -0.2) is 25.2 Å². The molecule has 0 heterocycles. The molecule has 4 nitrogen and oxygen atoms in total. The first kappa shape index (κ1) is 18.3. The van der Waals surface area contributed by atoms with E-state index in [0.29, 0.717) is 37.9 Å². The van der Waals surface area contributed by atoms with E-state index in [2.05, 4.69) is 0 Å². The normalized spacial score (nSPS) is 37.2. The number of esters is 2. The molecule has 4 bridgehead atoms. The first-order chi connectivity index (χ1) is 12.7. The van der Waals surface area contributed by atoms with Gasteiger partial charge in [-0.1, -0.05) is 12.8 Å².